The van der Waals surface area contributed by atoms with Gasteiger partial charge in [-0.25, -0.2) is 0 Å². The van der Waals surface area contributed by atoms with Gasteiger partial charge in [0.1, 0.15) is 18.7 Å². The number of benzene rings is 3. The van der Waals surface area contributed by atoms with E-state index >= 15 is 0 Å². The first kappa shape index (κ1) is 26.7. The molecule has 0 spiro atoms. The topological polar surface area (TPSA) is 22.1 Å². The molecule has 40 heavy (non-hydrogen) atoms. The highest BCUT2D eigenvalue weighted by Gasteiger charge is 2.54. The Hall–Kier alpha value is -3.48. The summed E-state index contributed by atoms with van der Waals surface area (Å²) in [5, 5.41) is 1.08. The van der Waals surface area contributed by atoms with E-state index in [-0.39, 0.29) is 12.1 Å². The number of hydrogen-bond donors (Lipinski definition) is 0. The maximum atomic E-state index is 13.3. The van der Waals surface area contributed by atoms with E-state index in [1.54, 1.807) is 12.1 Å². The smallest absolute Gasteiger partial charge is 0.363 e. The zero-order valence-electron chi connectivity index (χ0n) is 22.4. The Morgan fingerprint density at radius 2 is 1.70 bits per heavy atom. The Bertz CT molecular complexity index is 1470. The number of halogens is 3. The summed E-state index contributed by atoms with van der Waals surface area (Å²) in [5.74, 6) is 0.898. The van der Waals surface area contributed by atoms with Gasteiger partial charge in [0.2, 0.25) is 0 Å². The fourth-order valence-electron chi connectivity index (χ4n) is 7.06. The van der Waals surface area contributed by atoms with Crippen molar-refractivity contribution in [2.24, 2.45) is 11.8 Å². The number of para-hydroxylation sites is 1. The predicted molar refractivity (Wildman–Crippen MR) is 151 cm³/mol. The van der Waals surface area contributed by atoms with Crippen molar-refractivity contribution < 1.29 is 22.4 Å². The lowest BCUT2D eigenvalue weighted by Gasteiger charge is -2.58. The molecule has 0 N–H and O–H groups in total. The van der Waals surface area contributed by atoms with E-state index < -0.39 is 11.7 Å². The lowest BCUT2D eigenvalue weighted by atomic mass is 9.71. The van der Waals surface area contributed by atoms with E-state index in [1.165, 1.54) is 12.1 Å². The average molecular weight is 544 g/mol. The second-order valence-corrected chi connectivity index (χ2v) is 11.4. The minimum atomic E-state index is -4.34. The van der Waals surface area contributed by atoms with Gasteiger partial charge in [0.15, 0.2) is 0 Å². The largest absolute Gasteiger partial charge is 0.416 e. The fourth-order valence-corrected chi connectivity index (χ4v) is 7.06. The Balaban J connectivity index is 1.41. The molecule has 3 saturated heterocycles. The summed E-state index contributed by atoms with van der Waals surface area (Å²) in [6.07, 6.45) is 1.46. The van der Waals surface area contributed by atoms with Crippen LogP contribution >= 0.6 is 0 Å². The van der Waals surface area contributed by atoms with Crippen LogP contribution in [0.25, 0.3) is 10.9 Å². The second-order valence-electron chi connectivity index (χ2n) is 11.4. The first-order valence-electron chi connectivity index (χ1n) is 14.0. The molecule has 4 heterocycles. The van der Waals surface area contributed by atoms with Crippen LogP contribution in [0.1, 0.15) is 41.2 Å². The van der Waals surface area contributed by atoms with Gasteiger partial charge >= 0.3 is 6.18 Å². The Kier molecular flexibility index (Phi) is 7.24. The Morgan fingerprint density at radius 1 is 0.950 bits per heavy atom. The van der Waals surface area contributed by atoms with Gasteiger partial charge in [0.05, 0.1) is 30.8 Å². The molecule has 206 valence electrons. The number of aromatic nitrogens is 1. The average Bonchev–Trinajstić information content (AvgIpc) is 2.98. The minimum Gasteiger partial charge on any atom is -0.363 e. The van der Waals surface area contributed by atoms with Crippen LogP contribution in [-0.4, -0.2) is 28.6 Å². The van der Waals surface area contributed by atoms with Crippen molar-refractivity contribution >= 4 is 10.9 Å². The summed E-state index contributed by atoms with van der Waals surface area (Å²) >= 11 is 0. The van der Waals surface area contributed by atoms with Gasteiger partial charge < -0.3 is 9.22 Å². The van der Waals surface area contributed by atoms with Crippen molar-refractivity contribution in [1.29, 1.82) is 0 Å². The Morgan fingerprint density at radius 3 is 2.45 bits per heavy atom. The van der Waals surface area contributed by atoms with E-state index in [1.807, 2.05) is 42.6 Å². The number of rotatable bonds is 8. The van der Waals surface area contributed by atoms with Gasteiger partial charge in [-0.1, -0.05) is 66.7 Å². The molecule has 2 bridgehead atoms. The quantitative estimate of drug-likeness (QED) is 0.165. The first-order valence-corrected chi connectivity index (χ1v) is 14.0. The molecule has 3 aromatic carbocycles. The number of alkyl halides is 3. The van der Waals surface area contributed by atoms with Crippen LogP contribution in [0.15, 0.2) is 104 Å². The van der Waals surface area contributed by atoms with Crippen LogP contribution in [0.5, 0.6) is 0 Å². The van der Waals surface area contributed by atoms with Gasteiger partial charge in [-0.05, 0) is 41.3 Å². The number of fused-ring (bicyclic) bond motifs is 4. The van der Waals surface area contributed by atoms with Crippen LogP contribution in [-0.2, 0) is 24.1 Å². The SMILES string of the molecule is C=C[C@H]1C[N@+]2(Cc3ccc(C(F)(F)F)cc3)CC[C@H]1C[C@H]2[C@H](OCc1ccccc1)c1ccnc2ccccc12. The number of pyridine rings is 1. The number of nitrogens with zero attached hydrogens (tertiary/aromatic N) is 2. The molecular weight excluding hydrogens is 509 g/mol. The summed E-state index contributed by atoms with van der Waals surface area (Å²) in [4.78, 5) is 4.61. The second kappa shape index (κ2) is 10.8. The molecule has 7 rings (SSSR count). The monoisotopic (exact) mass is 543 g/mol. The Labute approximate surface area is 233 Å². The maximum Gasteiger partial charge on any atom is 0.416 e. The summed E-state index contributed by atoms with van der Waals surface area (Å²) < 4.78 is 47.5. The number of quaternary nitrogens is 1. The van der Waals surface area contributed by atoms with E-state index in [4.69, 9.17) is 4.74 Å². The third-order valence-corrected chi connectivity index (χ3v) is 9.07. The van der Waals surface area contributed by atoms with E-state index in [0.717, 1.165) is 58.0 Å². The van der Waals surface area contributed by atoms with Crippen molar-refractivity contribution in [1.82, 2.24) is 4.98 Å². The normalized spacial score (nSPS) is 25.1. The molecule has 5 atom stereocenters. The highest BCUT2D eigenvalue weighted by molar-refractivity contribution is 5.82. The number of hydrogen-bond acceptors (Lipinski definition) is 2. The maximum absolute atomic E-state index is 13.3. The molecule has 1 aromatic heterocycles. The first-order chi connectivity index (χ1) is 19.4. The molecular formula is C34H34F3N2O+. The van der Waals surface area contributed by atoms with Crippen LogP contribution in [0.4, 0.5) is 13.2 Å². The van der Waals surface area contributed by atoms with Crippen LogP contribution < -0.4 is 0 Å². The molecule has 3 aliphatic heterocycles. The van der Waals surface area contributed by atoms with Gasteiger partial charge in [0, 0.05) is 35.9 Å². The van der Waals surface area contributed by atoms with Gasteiger partial charge in [-0.15, -0.1) is 6.58 Å². The zero-order valence-corrected chi connectivity index (χ0v) is 22.4. The summed E-state index contributed by atoms with van der Waals surface area (Å²) in [5.41, 5.74) is 3.48. The highest BCUT2D eigenvalue weighted by atomic mass is 19.4. The van der Waals surface area contributed by atoms with Gasteiger partial charge in [0.25, 0.3) is 0 Å². The molecule has 0 radical (unpaired) electrons. The third-order valence-electron chi connectivity index (χ3n) is 9.07. The van der Waals surface area contributed by atoms with E-state index in [0.29, 0.717) is 25.0 Å². The number of ether oxygens (including phenoxy) is 1. The van der Waals surface area contributed by atoms with Crippen molar-refractivity contribution in [3.63, 3.8) is 0 Å². The molecule has 4 aromatic rings. The zero-order chi connectivity index (χ0) is 27.7. The van der Waals surface area contributed by atoms with Crippen LogP contribution in [0, 0.1) is 11.8 Å². The van der Waals surface area contributed by atoms with Crippen molar-refractivity contribution in [3.05, 3.63) is 126 Å². The highest BCUT2D eigenvalue weighted by Crippen LogP contribution is 2.49. The van der Waals surface area contributed by atoms with Crippen molar-refractivity contribution in [2.45, 2.75) is 44.3 Å². The fraction of sp³-hybridized carbons (Fsp3) is 0.324. The molecule has 3 aliphatic rings. The summed E-state index contributed by atoms with van der Waals surface area (Å²) in [7, 11) is 0. The van der Waals surface area contributed by atoms with Crippen LogP contribution in [0.2, 0.25) is 0 Å². The molecule has 6 heteroatoms. The summed E-state index contributed by atoms with van der Waals surface area (Å²) in [6, 6.07) is 26.3. The molecule has 0 unspecified atom stereocenters. The van der Waals surface area contributed by atoms with E-state index in [9.17, 15) is 13.2 Å². The minimum absolute atomic E-state index is 0.145. The van der Waals surface area contributed by atoms with Crippen molar-refractivity contribution in [2.75, 3.05) is 13.1 Å². The number of piperidine rings is 3. The lowest BCUT2D eigenvalue weighted by molar-refractivity contribution is -0.985. The molecule has 0 aliphatic carbocycles. The van der Waals surface area contributed by atoms with Gasteiger partial charge in [-0.3, -0.25) is 4.98 Å². The van der Waals surface area contributed by atoms with Crippen molar-refractivity contribution in [3.8, 4) is 0 Å². The molecule has 0 amide bonds. The lowest BCUT2D eigenvalue weighted by Crippen LogP contribution is -2.67. The molecule has 3 fully saturated rings. The standard InChI is InChI=1S/C34H34F3N2O/c1-2-26-22-39(21-24-12-14-28(15-13-24)34(35,36)37)19-17-27(26)20-32(39)33(40-23-25-8-4-3-5-9-25)30-16-18-38-31-11-7-6-10-29(30)31/h2-16,18,26-27,32-33H,1,17,19-23H2/q+1/t26-,27-,32-,33+,39+/m0/s1. The predicted octanol–water partition coefficient (Wildman–Crippen LogP) is 8.12. The molecule has 0 saturated carbocycles. The van der Waals surface area contributed by atoms with E-state index in [2.05, 4.69) is 41.9 Å². The van der Waals surface area contributed by atoms with Gasteiger partial charge in [-0.2, -0.15) is 13.2 Å². The summed E-state index contributed by atoms with van der Waals surface area (Å²) in [6.45, 7) is 7.17. The molecule has 3 nitrogen and oxygen atoms in total. The third kappa shape index (κ3) is 5.18. The van der Waals surface area contributed by atoms with Crippen LogP contribution in [0.3, 0.4) is 0 Å².